The Morgan fingerprint density at radius 3 is 1.73 bits per heavy atom. The van der Waals surface area contributed by atoms with E-state index in [1.165, 1.54) is 14.1 Å². The molecule has 0 aromatic heterocycles. The van der Waals surface area contributed by atoms with E-state index in [0.29, 0.717) is 0 Å². The van der Waals surface area contributed by atoms with E-state index < -0.39 is 12.3 Å². The lowest BCUT2D eigenvalue weighted by atomic mass is 10.3. The van der Waals surface area contributed by atoms with Crippen molar-refractivity contribution in [1.29, 1.82) is 0 Å². The molecule has 0 saturated carbocycles. The summed E-state index contributed by atoms with van der Waals surface area (Å²) in [5.41, 5.74) is 0. The van der Waals surface area contributed by atoms with E-state index >= 15 is 0 Å². The fourth-order valence-corrected chi connectivity index (χ4v) is 0.466. The van der Waals surface area contributed by atoms with Crippen LogP contribution in [-0.4, -0.2) is 31.3 Å². The molecule has 11 heavy (non-hydrogen) atoms. The van der Waals surface area contributed by atoms with Crippen LogP contribution in [0.3, 0.4) is 0 Å². The Bertz CT molecular complexity index is 161. The molecule has 0 fully saturated rings. The molecule has 0 bridgehead atoms. The number of likely N-dealkylation sites (N-methyl/N-ethyl adjacent to an activating group) is 1. The maximum absolute atomic E-state index is 10.1. The Hall–Kier alpha value is -1.24. The Morgan fingerprint density at radius 2 is 1.64 bits per heavy atom. The average molecular weight is 160 g/mol. The molecule has 0 atom stereocenters. The summed E-state index contributed by atoms with van der Waals surface area (Å²) in [7, 11) is 2.82. The number of hydrogen-bond donors (Lipinski definition) is 0. The van der Waals surface area contributed by atoms with Gasteiger partial charge in [-0.2, -0.15) is 4.91 Å². The predicted octanol–water partition coefficient (Wildman–Crippen LogP) is 0.501. The summed E-state index contributed by atoms with van der Waals surface area (Å²) in [4.78, 5) is 31.1. The third-order valence-corrected chi connectivity index (χ3v) is 1.29. The van der Waals surface area contributed by atoms with Crippen molar-refractivity contribution in [2.24, 2.45) is 15.5 Å². The number of rotatable bonds is 5. The molecule has 0 aliphatic carbocycles. The summed E-state index contributed by atoms with van der Waals surface area (Å²) in [6.45, 7) is -0.562. The maximum Gasteiger partial charge on any atom is 0.309 e. The van der Waals surface area contributed by atoms with Gasteiger partial charge in [0.25, 0.3) is 0 Å². The van der Waals surface area contributed by atoms with Crippen LogP contribution in [0, 0.1) is 14.7 Å². The van der Waals surface area contributed by atoms with Gasteiger partial charge in [-0.05, 0) is 24.4 Å². The quantitative estimate of drug-likeness (QED) is 0.547. The predicted molar refractivity (Wildman–Crippen MR) is 38.7 cm³/mol. The summed E-state index contributed by atoms with van der Waals surface area (Å²) >= 11 is 0. The highest BCUT2D eigenvalue weighted by atomic mass is 16.3. The van der Waals surface area contributed by atoms with Gasteiger partial charge in [-0.15, -0.1) is 9.81 Å². The Morgan fingerprint density at radius 1 is 1.18 bits per heavy atom. The van der Waals surface area contributed by atoms with Crippen molar-refractivity contribution in [3.63, 3.8) is 0 Å². The van der Waals surface area contributed by atoms with Crippen LogP contribution in [0.1, 0.15) is 0 Å². The lowest BCUT2D eigenvalue weighted by molar-refractivity contribution is 0.176. The van der Waals surface area contributed by atoms with Crippen molar-refractivity contribution in [1.82, 2.24) is 4.90 Å². The van der Waals surface area contributed by atoms with Crippen LogP contribution in [0.25, 0.3) is 0 Å². The maximum atomic E-state index is 10.1. The number of nitrogens with zero attached hydrogens (tertiary/aromatic N) is 4. The lowest BCUT2D eigenvalue weighted by Crippen LogP contribution is -2.42. The van der Waals surface area contributed by atoms with Gasteiger partial charge in [0.1, 0.15) is 6.54 Å². The highest BCUT2D eigenvalue weighted by molar-refractivity contribution is 4.83. The molecule has 7 heteroatoms. The van der Waals surface area contributed by atoms with Gasteiger partial charge < -0.3 is 0 Å². The minimum atomic E-state index is -1.87. The molecular formula is C4H8N4O3. The Labute approximate surface area is 62.7 Å². The van der Waals surface area contributed by atoms with Gasteiger partial charge in [0.05, 0.1) is 0 Å². The molecule has 0 aromatic carbocycles. The molecule has 0 aromatic rings. The van der Waals surface area contributed by atoms with Crippen molar-refractivity contribution < 1.29 is 0 Å². The van der Waals surface area contributed by atoms with Gasteiger partial charge in [0.2, 0.25) is 0 Å². The first-order chi connectivity index (χ1) is 5.13. The summed E-state index contributed by atoms with van der Waals surface area (Å²) in [5, 5.41) is 7.25. The van der Waals surface area contributed by atoms with E-state index in [1.54, 1.807) is 0 Å². The first-order valence-electron chi connectivity index (χ1n) is 2.78. The molecule has 0 heterocycles. The second kappa shape index (κ2) is 3.81. The van der Waals surface area contributed by atoms with Gasteiger partial charge >= 0.3 is 5.79 Å². The van der Waals surface area contributed by atoms with E-state index in [1.807, 2.05) is 0 Å². The van der Waals surface area contributed by atoms with Gasteiger partial charge in [-0.3, -0.25) is 4.90 Å². The first-order valence-corrected chi connectivity index (χ1v) is 2.78. The highest BCUT2D eigenvalue weighted by Gasteiger charge is 2.36. The molecule has 0 aliphatic rings. The van der Waals surface area contributed by atoms with E-state index in [2.05, 4.69) is 15.5 Å². The molecule has 0 unspecified atom stereocenters. The number of nitroso groups, excluding NO2 is 3. The van der Waals surface area contributed by atoms with Crippen LogP contribution in [0.4, 0.5) is 0 Å². The van der Waals surface area contributed by atoms with Crippen LogP contribution < -0.4 is 0 Å². The molecule has 0 spiro atoms. The normalized spacial score (nSPS) is 11.2. The first kappa shape index (κ1) is 9.76. The number of hydrogen-bond acceptors (Lipinski definition) is 7. The molecular weight excluding hydrogens is 152 g/mol. The van der Waals surface area contributed by atoms with Gasteiger partial charge in [-0.25, -0.2) is 0 Å². The lowest BCUT2D eigenvalue weighted by Gasteiger charge is -2.21. The summed E-state index contributed by atoms with van der Waals surface area (Å²) in [6.07, 6.45) is 0. The van der Waals surface area contributed by atoms with Crippen molar-refractivity contribution in [2.45, 2.75) is 5.79 Å². The van der Waals surface area contributed by atoms with Crippen molar-refractivity contribution in [3.05, 3.63) is 14.7 Å². The smallest absolute Gasteiger partial charge is 0.259 e. The van der Waals surface area contributed by atoms with Gasteiger partial charge in [-0.1, -0.05) is 5.18 Å². The second-order valence-electron chi connectivity index (χ2n) is 2.14. The van der Waals surface area contributed by atoms with Gasteiger partial charge in [0.15, 0.2) is 0 Å². The SMILES string of the molecule is CN(C)C(CN=O)(N=O)N=O. The zero-order chi connectivity index (χ0) is 8.91. The van der Waals surface area contributed by atoms with Crippen LogP contribution in [0.2, 0.25) is 0 Å². The second-order valence-corrected chi connectivity index (χ2v) is 2.14. The molecule has 0 aliphatic heterocycles. The van der Waals surface area contributed by atoms with Crippen LogP contribution in [0.5, 0.6) is 0 Å². The summed E-state index contributed by atoms with van der Waals surface area (Å²) in [6, 6.07) is 0. The third kappa shape index (κ3) is 1.84. The van der Waals surface area contributed by atoms with Crippen molar-refractivity contribution >= 4 is 0 Å². The van der Waals surface area contributed by atoms with Crippen molar-refractivity contribution in [3.8, 4) is 0 Å². The van der Waals surface area contributed by atoms with Crippen LogP contribution >= 0.6 is 0 Å². The zero-order valence-electron chi connectivity index (χ0n) is 6.22. The van der Waals surface area contributed by atoms with Gasteiger partial charge in [0, 0.05) is 0 Å². The van der Waals surface area contributed by atoms with Crippen LogP contribution in [0.15, 0.2) is 15.5 Å². The van der Waals surface area contributed by atoms with E-state index in [0.717, 1.165) is 4.90 Å². The largest absolute Gasteiger partial charge is 0.309 e. The molecule has 7 nitrogen and oxygen atoms in total. The third-order valence-electron chi connectivity index (χ3n) is 1.29. The van der Waals surface area contributed by atoms with E-state index in [9.17, 15) is 14.7 Å². The fraction of sp³-hybridized carbons (Fsp3) is 1.00. The monoisotopic (exact) mass is 160 g/mol. The fourth-order valence-electron chi connectivity index (χ4n) is 0.466. The minimum absolute atomic E-state index is 0.562. The highest BCUT2D eigenvalue weighted by Crippen LogP contribution is 2.15. The molecule has 0 saturated heterocycles. The molecule has 0 N–H and O–H groups in total. The minimum Gasteiger partial charge on any atom is -0.259 e. The van der Waals surface area contributed by atoms with E-state index in [4.69, 9.17) is 0 Å². The van der Waals surface area contributed by atoms with Crippen molar-refractivity contribution in [2.75, 3.05) is 20.6 Å². The topological polar surface area (TPSA) is 91.5 Å². The average Bonchev–Trinajstić information content (AvgIpc) is 2.00. The van der Waals surface area contributed by atoms with Crippen LogP contribution in [-0.2, 0) is 0 Å². The molecule has 0 rings (SSSR count). The Kier molecular flexibility index (Phi) is 3.38. The standard InChI is InChI=1S/C4H8N4O3/c1-8(2)4(6-10,7-11)3-5-9/h3H2,1-2H3. The summed E-state index contributed by atoms with van der Waals surface area (Å²) in [5.74, 6) is -1.87. The van der Waals surface area contributed by atoms with E-state index in [-0.39, 0.29) is 0 Å². The molecule has 62 valence electrons. The summed E-state index contributed by atoms with van der Waals surface area (Å²) < 4.78 is 0. The molecule has 0 radical (unpaired) electrons. The zero-order valence-corrected chi connectivity index (χ0v) is 6.22. The Balaban J connectivity index is 4.58. The molecule has 0 amide bonds.